The summed E-state index contributed by atoms with van der Waals surface area (Å²) in [6, 6.07) is 8.22. The van der Waals surface area contributed by atoms with Crippen molar-refractivity contribution >= 4 is 8.60 Å². The van der Waals surface area contributed by atoms with Crippen LogP contribution >= 0.6 is 8.60 Å². The molecule has 1 aromatic rings. The molecule has 5 heteroatoms. The van der Waals surface area contributed by atoms with Crippen molar-refractivity contribution in [1.82, 2.24) is 0 Å². The molecule has 0 bridgehead atoms. The predicted octanol–water partition coefficient (Wildman–Crippen LogP) is 1.15. The zero-order valence-electron chi connectivity index (χ0n) is 6.01. The fourth-order valence-electron chi connectivity index (χ4n) is 0.727. The summed E-state index contributed by atoms with van der Waals surface area (Å²) in [6.07, 6.45) is 0. The van der Waals surface area contributed by atoms with Gasteiger partial charge >= 0.3 is 8.60 Å². The van der Waals surface area contributed by atoms with E-state index >= 15 is 0 Å². The van der Waals surface area contributed by atoms with Crippen LogP contribution < -0.4 is 4.52 Å². The van der Waals surface area contributed by atoms with Crippen LogP contribution in [0.2, 0.25) is 0 Å². The molecule has 0 saturated carbocycles. The molecule has 12 heavy (non-hydrogen) atoms. The molecule has 0 heterocycles. The zero-order valence-corrected chi connectivity index (χ0v) is 6.90. The SMILES string of the molecule is N#Cc1ccccc1OP(O)O. The summed E-state index contributed by atoms with van der Waals surface area (Å²) in [5, 5.41) is 8.55. The Labute approximate surface area is 70.7 Å². The van der Waals surface area contributed by atoms with Gasteiger partial charge in [-0.05, 0) is 12.1 Å². The van der Waals surface area contributed by atoms with E-state index in [4.69, 9.17) is 15.0 Å². The smallest absolute Gasteiger partial charge is 0.391 e. The highest BCUT2D eigenvalue weighted by molar-refractivity contribution is 7.39. The number of hydrogen-bond acceptors (Lipinski definition) is 4. The third-order valence-electron chi connectivity index (χ3n) is 1.19. The van der Waals surface area contributed by atoms with Gasteiger partial charge in [-0.2, -0.15) is 5.26 Å². The second-order valence-corrected chi connectivity index (χ2v) is 2.64. The van der Waals surface area contributed by atoms with Crippen LogP contribution in [-0.4, -0.2) is 9.79 Å². The van der Waals surface area contributed by atoms with Gasteiger partial charge in [0.25, 0.3) is 0 Å². The van der Waals surface area contributed by atoms with Gasteiger partial charge in [0.2, 0.25) is 0 Å². The van der Waals surface area contributed by atoms with Crippen molar-refractivity contribution in [3.63, 3.8) is 0 Å². The molecule has 62 valence electrons. The zero-order chi connectivity index (χ0) is 8.97. The number of nitriles is 1. The largest absolute Gasteiger partial charge is 0.426 e. The molecular weight excluding hydrogens is 177 g/mol. The van der Waals surface area contributed by atoms with Crippen molar-refractivity contribution in [2.24, 2.45) is 0 Å². The van der Waals surface area contributed by atoms with E-state index in [2.05, 4.69) is 4.52 Å². The predicted molar refractivity (Wildman–Crippen MR) is 43.1 cm³/mol. The van der Waals surface area contributed by atoms with Crippen molar-refractivity contribution in [2.45, 2.75) is 0 Å². The lowest BCUT2D eigenvalue weighted by molar-refractivity contribution is 0.374. The normalized spacial score (nSPS) is 9.50. The molecule has 0 aliphatic carbocycles. The first-order chi connectivity index (χ1) is 5.74. The van der Waals surface area contributed by atoms with Crippen LogP contribution in [0.4, 0.5) is 0 Å². The molecule has 1 aromatic carbocycles. The summed E-state index contributed by atoms with van der Waals surface area (Å²) in [6.45, 7) is 0. The standard InChI is InChI=1S/C7H6NO3P/c8-5-6-3-1-2-4-7(6)11-12(9)10/h1-4,9-10H. The number of hydrogen-bond donors (Lipinski definition) is 2. The molecule has 2 N–H and O–H groups in total. The summed E-state index contributed by atoms with van der Waals surface area (Å²) in [7, 11) is -2.45. The van der Waals surface area contributed by atoms with Crippen LogP contribution in [0, 0.1) is 11.3 Å². The first-order valence-electron chi connectivity index (χ1n) is 3.09. The molecule has 0 aromatic heterocycles. The summed E-state index contributed by atoms with van der Waals surface area (Å²) in [5.74, 6) is 0.191. The van der Waals surface area contributed by atoms with Crippen LogP contribution in [0.5, 0.6) is 5.75 Å². The summed E-state index contributed by atoms with van der Waals surface area (Å²) in [5.41, 5.74) is 0.285. The van der Waals surface area contributed by atoms with Gasteiger partial charge in [0.1, 0.15) is 11.8 Å². The molecule has 4 nitrogen and oxygen atoms in total. The Morgan fingerprint density at radius 1 is 1.33 bits per heavy atom. The van der Waals surface area contributed by atoms with Gasteiger partial charge in [-0.25, -0.2) is 0 Å². The Morgan fingerprint density at radius 3 is 2.58 bits per heavy atom. The lowest BCUT2D eigenvalue weighted by Crippen LogP contribution is -1.87. The first-order valence-corrected chi connectivity index (χ1v) is 4.25. The lowest BCUT2D eigenvalue weighted by Gasteiger charge is -2.05. The van der Waals surface area contributed by atoms with Gasteiger partial charge in [-0.1, -0.05) is 12.1 Å². The molecule has 0 radical (unpaired) electrons. The molecule has 0 amide bonds. The topological polar surface area (TPSA) is 73.5 Å². The minimum atomic E-state index is -2.45. The molecule has 0 aliphatic heterocycles. The quantitative estimate of drug-likeness (QED) is 0.674. The van der Waals surface area contributed by atoms with Crippen LogP contribution in [-0.2, 0) is 0 Å². The lowest BCUT2D eigenvalue weighted by atomic mass is 10.2. The molecule has 0 atom stereocenters. The number of nitrogens with zero attached hydrogens (tertiary/aromatic N) is 1. The Balaban J connectivity index is 2.91. The highest BCUT2D eigenvalue weighted by Crippen LogP contribution is 2.30. The number of para-hydroxylation sites is 1. The fraction of sp³-hybridized carbons (Fsp3) is 0. The third-order valence-corrected chi connectivity index (χ3v) is 1.55. The van der Waals surface area contributed by atoms with Gasteiger partial charge in [0.05, 0.1) is 5.56 Å². The van der Waals surface area contributed by atoms with Crippen molar-refractivity contribution in [2.75, 3.05) is 0 Å². The second kappa shape index (κ2) is 4.03. The van der Waals surface area contributed by atoms with Crippen molar-refractivity contribution in [3.8, 4) is 11.8 Å². The number of rotatable bonds is 2. The van der Waals surface area contributed by atoms with E-state index < -0.39 is 8.60 Å². The highest BCUT2D eigenvalue weighted by Gasteiger charge is 2.06. The Bertz CT molecular complexity index is 308. The Hall–Kier alpha value is -1.14. The molecule has 0 unspecified atom stereocenters. The minimum Gasteiger partial charge on any atom is -0.426 e. The first kappa shape index (κ1) is 8.95. The summed E-state index contributed by atoms with van der Waals surface area (Å²) in [4.78, 5) is 17.0. The van der Waals surface area contributed by atoms with Gasteiger partial charge in [-0.3, -0.25) is 0 Å². The van der Waals surface area contributed by atoms with Crippen LogP contribution in [0.25, 0.3) is 0 Å². The van der Waals surface area contributed by atoms with E-state index in [0.29, 0.717) is 0 Å². The van der Waals surface area contributed by atoms with E-state index in [0.717, 1.165) is 0 Å². The Kier molecular flexibility index (Phi) is 3.01. The Morgan fingerprint density at radius 2 is 2.00 bits per heavy atom. The maximum atomic E-state index is 8.55. The van der Waals surface area contributed by atoms with E-state index in [9.17, 15) is 0 Å². The maximum absolute atomic E-state index is 8.55. The van der Waals surface area contributed by atoms with Crippen LogP contribution in [0.1, 0.15) is 5.56 Å². The van der Waals surface area contributed by atoms with Gasteiger partial charge < -0.3 is 14.3 Å². The van der Waals surface area contributed by atoms with E-state index in [1.807, 2.05) is 6.07 Å². The average molecular weight is 183 g/mol. The fourth-order valence-corrected chi connectivity index (χ4v) is 1.06. The molecule has 0 aliphatic rings. The van der Waals surface area contributed by atoms with E-state index in [1.165, 1.54) is 12.1 Å². The van der Waals surface area contributed by atoms with Crippen molar-refractivity contribution < 1.29 is 14.3 Å². The monoisotopic (exact) mass is 183 g/mol. The summed E-state index contributed by atoms with van der Waals surface area (Å²) >= 11 is 0. The van der Waals surface area contributed by atoms with Crippen molar-refractivity contribution in [1.29, 1.82) is 5.26 Å². The van der Waals surface area contributed by atoms with E-state index in [1.54, 1.807) is 12.1 Å². The molecule has 0 spiro atoms. The molecule has 0 saturated heterocycles. The summed E-state index contributed by atoms with van der Waals surface area (Å²) < 4.78 is 4.59. The molecule has 1 rings (SSSR count). The molecular formula is C7H6NO3P. The minimum absolute atomic E-state index is 0.191. The van der Waals surface area contributed by atoms with Crippen LogP contribution in [0.15, 0.2) is 24.3 Å². The van der Waals surface area contributed by atoms with Crippen molar-refractivity contribution in [3.05, 3.63) is 29.8 Å². The third kappa shape index (κ3) is 2.18. The van der Waals surface area contributed by atoms with Gasteiger partial charge in [0.15, 0.2) is 0 Å². The number of benzene rings is 1. The highest BCUT2D eigenvalue weighted by atomic mass is 31.2. The maximum Gasteiger partial charge on any atom is 0.391 e. The molecule has 0 fully saturated rings. The van der Waals surface area contributed by atoms with Gasteiger partial charge in [-0.15, -0.1) is 0 Å². The van der Waals surface area contributed by atoms with Gasteiger partial charge in [0, 0.05) is 0 Å². The van der Waals surface area contributed by atoms with Crippen LogP contribution in [0.3, 0.4) is 0 Å². The average Bonchev–Trinajstić information content (AvgIpc) is 2.04. The second-order valence-electron chi connectivity index (χ2n) is 1.95. The van der Waals surface area contributed by atoms with E-state index in [-0.39, 0.29) is 11.3 Å².